The van der Waals surface area contributed by atoms with Crippen LogP contribution in [0.4, 0.5) is 0 Å². The molecule has 2 heterocycles. The highest BCUT2D eigenvalue weighted by molar-refractivity contribution is 5.78. The molecule has 3 rings (SSSR count). The Labute approximate surface area is 150 Å². The summed E-state index contributed by atoms with van der Waals surface area (Å²) < 4.78 is 13.3. The molecule has 0 amide bonds. The van der Waals surface area contributed by atoms with Crippen molar-refractivity contribution in [2.75, 3.05) is 13.7 Å². The summed E-state index contributed by atoms with van der Waals surface area (Å²) in [5, 5.41) is 9.42. The molecule has 0 atom stereocenters. The topological polar surface area (TPSA) is 92.9 Å². The molecule has 26 heavy (non-hydrogen) atoms. The minimum Gasteiger partial charge on any atom is -0.493 e. The largest absolute Gasteiger partial charge is 0.493 e. The van der Waals surface area contributed by atoms with E-state index in [1.54, 1.807) is 44.8 Å². The van der Waals surface area contributed by atoms with Gasteiger partial charge in [0, 0.05) is 29.2 Å². The van der Waals surface area contributed by atoms with E-state index in [9.17, 15) is 10.1 Å². The Balaban J connectivity index is 2.03. The summed E-state index contributed by atoms with van der Waals surface area (Å²) in [6, 6.07) is 9.13. The fourth-order valence-corrected chi connectivity index (χ4v) is 2.72. The second kappa shape index (κ2) is 7.57. The first-order valence-electron chi connectivity index (χ1n) is 8.04. The van der Waals surface area contributed by atoms with Crippen LogP contribution in [0.1, 0.15) is 11.3 Å². The molecule has 0 aliphatic carbocycles. The van der Waals surface area contributed by atoms with E-state index in [1.807, 2.05) is 22.9 Å². The monoisotopic (exact) mass is 350 g/mol. The number of nitrogens with one attached hydrogen (secondary N) is 1. The number of pyridine rings is 1. The number of nitrogens with zero attached hydrogens (tertiary/aromatic N) is 3. The summed E-state index contributed by atoms with van der Waals surface area (Å²) in [5.41, 5.74) is 1.44. The number of imidazole rings is 1. The third-order valence-electron chi connectivity index (χ3n) is 3.92. The number of aromatic nitrogens is 3. The zero-order valence-corrected chi connectivity index (χ0v) is 14.5. The van der Waals surface area contributed by atoms with Crippen LogP contribution >= 0.6 is 0 Å². The molecule has 0 aliphatic heterocycles. The number of hydrogen-bond acceptors (Lipinski definition) is 5. The van der Waals surface area contributed by atoms with Crippen molar-refractivity contribution in [2.24, 2.45) is 0 Å². The molecule has 1 aromatic carbocycles. The third-order valence-corrected chi connectivity index (χ3v) is 3.92. The minimum absolute atomic E-state index is 0.0447. The Morgan fingerprint density at radius 2 is 2.19 bits per heavy atom. The van der Waals surface area contributed by atoms with Gasteiger partial charge in [0.2, 0.25) is 0 Å². The molecular formula is C19H18N4O3. The molecule has 0 fully saturated rings. The minimum atomic E-state index is -0.422. The van der Waals surface area contributed by atoms with Crippen LogP contribution in [0.5, 0.6) is 11.5 Å². The van der Waals surface area contributed by atoms with Gasteiger partial charge in [0.25, 0.3) is 5.56 Å². The van der Waals surface area contributed by atoms with E-state index in [0.29, 0.717) is 41.5 Å². The van der Waals surface area contributed by atoms with Crippen molar-refractivity contribution in [3.8, 4) is 28.7 Å². The average molecular weight is 350 g/mol. The lowest BCUT2D eigenvalue weighted by Crippen LogP contribution is -2.13. The van der Waals surface area contributed by atoms with Gasteiger partial charge in [0.15, 0.2) is 11.5 Å². The van der Waals surface area contributed by atoms with E-state index >= 15 is 0 Å². The highest BCUT2D eigenvalue weighted by Gasteiger charge is 2.18. The van der Waals surface area contributed by atoms with Gasteiger partial charge in [-0.25, -0.2) is 4.98 Å². The lowest BCUT2D eigenvalue weighted by atomic mass is 9.99. The van der Waals surface area contributed by atoms with Crippen molar-refractivity contribution in [1.82, 2.24) is 14.5 Å². The molecule has 0 spiro atoms. The summed E-state index contributed by atoms with van der Waals surface area (Å²) in [7, 11) is 1.55. The summed E-state index contributed by atoms with van der Waals surface area (Å²) in [6.45, 7) is 2.76. The molecule has 0 aliphatic rings. The van der Waals surface area contributed by atoms with Gasteiger partial charge in [-0.1, -0.05) is 12.1 Å². The molecule has 2 aromatic heterocycles. The zero-order valence-electron chi connectivity index (χ0n) is 14.5. The van der Waals surface area contributed by atoms with Gasteiger partial charge in [-0.05, 0) is 19.1 Å². The number of aryl methyl sites for hydroxylation is 1. The van der Waals surface area contributed by atoms with Crippen LogP contribution in [0.2, 0.25) is 0 Å². The maximum Gasteiger partial charge on any atom is 0.266 e. The summed E-state index contributed by atoms with van der Waals surface area (Å²) in [5.74, 6) is 1.03. The number of para-hydroxylation sites is 1. The van der Waals surface area contributed by atoms with Crippen LogP contribution in [0.3, 0.4) is 0 Å². The molecule has 3 aromatic rings. The van der Waals surface area contributed by atoms with E-state index in [2.05, 4.69) is 9.97 Å². The molecule has 0 saturated heterocycles. The molecular weight excluding hydrogens is 332 g/mol. The normalized spacial score (nSPS) is 10.3. The second-order valence-corrected chi connectivity index (χ2v) is 5.67. The predicted molar refractivity (Wildman–Crippen MR) is 96.2 cm³/mol. The van der Waals surface area contributed by atoms with Gasteiger partial charge < -0.3 is 19.0 Å². The van der Waals surface area contributed by atoms with Gasteiger partial charge in [0.1, 0.15) is 18.2 Å². The summed E-state index contributed by atoms with van der Waals surface area (Å²) in [4.78, 5) is 18.8. The highest BCUT2D eigenvalue weighted by atomic mass is 16.5. The van der Waals surface area contributed by atoms with Crippen LogP contribution in [0, 0.1) is 18.3 Å². The SMILES string of the molecule is COc1cccc(-c2cc(C)[nH]c(=O)c2C#N)c1OCCn1ccnc1. The van der Waals surface area contributed by atoms with Crippen LogP contribution in [0.25, 0.3) is 11.1 Å². The number of rotatable bonds is 6. The van der Waals surface area contributed by atoms with Crippen molar-refractivity contribution in [1.29, 1.82) is 5.26 Å². The molecule has 0 saturated carbocycles. The molecule has 7 nitrogen and oxygen atoms in total. The zero-order chi connectivity index (χ0) is 18.5. The standard InChI is InChI=1S/C19H18N4O3/c1-13-10-15(16(11-20)19(24)22-13)14-4-3-5-17(25-2)18(14)26-9-8-23-7-6-21-12-23/h3-7,10,12H,8-9H2,1-2H3,(H,22,24). The number of ether oxygens (including phenoxy) is 2. The van der Waals surface area contributed by atoms with E-state index in [4.69, 9.17) is 9.47 Å². The van der Waals surface area contributed by atoms with E-state index < -0.39 is 5.56 Å². The predicted octanol–water partition coefficient (Wildman–Crippen LogP) is 2.51. The van der Waals surface area contributed by atoms with Gasteiger partial charge in [-0.3, -0.25) is 4.79 Å². The first kappa shape index (κ1) is 17.3. The van der Waals surface area contributed by atoms with E-state index in [-0.39, 0.29) is 5.56 Å². The Kier molecular flexibility index (Phi) is 5.04. The van der Waals surface area contributed by atoms with Crippen molar-refractivity contribution in [3.05, 3.63) is 64.6 Å². The van der Waals surface area contributed by atoms with Crippen molar-refractivity contribution < 1.29 is 9.47 Å². The van der Waals surface area contributed by atoms with Gasteiger partial charge in [-0.15, -0.1) is 0 Å². The molecule has 132 valence electrons. The molecule has 0 bridgehead atoms. The van der Waals surface area contributed by atoms with Gasteiger partial charge in [-0.2, -0.15) is 5.26 Å². The van der Waals surface area contributed by atoms with Crippen LogP contribution < -0.4 is 15.0 Å². The van der Waals surface area contributed by atoms with E-state index in [0.717, 1.165) is 0 Å². The Bertz CT molecular complexity index is 1000. The van der Waals surface area contributed by atoms with Crippen molar-refractivity contribution in [3.63, 3.8) is 0 Å². The number of H-pyrrole nitrogens is 1. The first-order chi connectivity index (χ1) is 12.6. The number of methoxy groups -OCH3 is 1. The Hall–Kier alpha value is -3.53. The number of aromatic amines is 1. The lowest BCUT2D eigenvalue weighted by Gasteiger charge is -2.16. The maximum atomic E-state index is 12.1. The highest BCUT2D eigenvalue weighted by Crippen LogP contribution is 2.39. The van der Waals surface area contributed by atoms with E-state index in [1.165, 1.54) is 0 Å². The number of benzene rings is 1. The lowest BCUT2D eigenvalue weighted by molar-refractivity contribution is 0.281. The maximum absolute atomic E-state index is 12.1. The molecule has 0 radical (unpaired) electrons. The van der Waals surface area contributed by atoms with Gasteiger partial charge in [0.05, 0.1) is 20.0 Å². The number of hydrogen-bond donors (Lipinski definition) is 1. The Morgan fingerprint density at radius 3 is 2.88 bits per heavy atom. The summed E-state index contributed by atoms with van der Waals surface area (Å²) >= 11 is 0. The molecule has 0 unspecified atom stereocenters. The first-order valence-corrected chi connectivity index (χ1v) is 8.04. The number of nitriles is 1. The van der Waals surface area contributed by atoms with Crippen LogP contribution in [0.15, 0.2) is 47.8 Å². The third kappa shape index (κ3) is 3.44. The van der Waals surface area contributed by atoms with Crippen LogP contribution in [-0.2, 0) is 6.54 Å². The van der Waals surface area contributed by atoms with Gasteiger partial charge >= 0.3 is 0 Å². The summed E-state index contributed by atoms with van der Waals surface area (Å²) in [6.07, 6.45) is 5.26. The fraction of sp³-hybridized carbons (Fsp3) is 0.211. The van der Waals surface area contributed by atoms with Crippen molar-refractivity contribution >= 4 is 0 Å². The second-order valence-electron chi connectivity index (χ2n) is 5.67. The smallest absolute Gasteiger partial charge is 0.266 e. The quantitative estimate of drug-likeness (QED) is 0.737. The van der Waals surface area contributed by atoms with Crippen LogP contribution in [-0.4, -0.2) is 28.3 Å². The molecule has 7 heteroatoms. The Morgan fingerprint density at radius 1 is 1.35 bits per heavy atom. The fourth-order valence-electron chi connectivity index (χ4n) is 2.72. The van der Waals surface area contributed by atoms with Crippen molar-refractivity contribution in [2.45, 2.75) is 13.5 Å². The molecule has 1 N–H and O–H groups in total. The average Bonchev–Trinajstić information content (AvgIpc) is 3.14.